The van der Waals surface area contributed by atoms with E-state index in [1.54, 1.807) is 0 Å². The number of nitrogens with one attached hydrogen (secondary N) is 1. The van der Waals surface area contributed by atoms with Gasteiger partial charge in [-0.15, -0.1) is 0 Å². The minimum Gasteiger partial charge on any atom is -0.310 e. The molecule has 0 unspecified atom stereocenters. The van der Waals surface area contributed by atoms with Gasteiger partial charge in [-0.25, -0.2) is 0 Å². The summed E-state index contributed by atoms with van der Waals surface area (Å²) in [5.74, 6) is 0. The first-order valence-corrected chi connectivity index (χ1v) is 5.51. The molecule has 78 valence electrons. The van der Waals surface area contributed by atoms with Crippen molar-refractivity contribution in [1.82, 2.24) is 5.43 Å². The molecule has 0 aliphatic rings. The summed E-state index contributed by atoms with van der Waals surface area (Å²) in [5, 5.41) is 4.13. The molecule has 2 heteroatoms. The van der Waals surface area contributed by atoms with Crippen molar-refractivity contribution in [2.24, 2.45) is 5.10 Å². The quantitative estimate of drug-likeness (QED) is 0.349. The molecule has 0 atom stereocenters. The van der Waals surface area contributed by atoms with E-state index in [-0.39, 0.29) is 0 Å². The van der Waals surface area contributed by atoms with Gasteiger partial charge in [0.15, 0.2) is 0 Å². The summed E-state index contributed by atoms with van der Waals surface area (Å²) in [6.45, 7) is 7.29. The van der Waals surface area contributed by atoms with Gasteiger partial charge >= 0.3 is 0 Å². The molecule has 0 saturated carbocycles. The van der Waals surface area contributed by atoms with E-state index in [2.05, 4.69) is 17.5 Å². The Morgan fingerprint density at radius 1 is 1.00 bits per heavy atom. The highest BCUT2D eigenvalue weighted by Crippen LogP contribution is 2.03. The SMILES string of the molecule is CCCCCCCCNN=C(C)C. The van der Waals surface area contributed by atoms with Gasteiger partial charge in [-0.05, 0) is 20.3 Å². The summed E-state index contributed by atoms with van der Waals surface area (Å²) in [5.41, 5.74) is 4.17. The van der Waals surface area contributed by atoms with Crippen LogP contribution < -0.4 is 5.43 Å². The monoisotopic (exact) mass is 184 g/mol. The van der Waals surface area contributed by atoms with Crippen molar-refractivity contribution in [3.05, 3.63) is 0 Å². The first kappa shape index (κ1) is 12.5. The summed E-state index contributed by atoms with van der Waals surface area (Å²) < 4.78 is 0. The van der Waals surface area contributed by atoms with Crippen molar-refractivity contribution >= 4 is 5.71 Å². The molecule has 1 N–H and O–H groups in total. The summed E-state index contributed by atoms with van der Waals surface area (Å²) in [7, 11) is 0. The van der Waals surface area contributed by atoms with Gasteiger partial charge < -0.3 is 5.43 Å². The lowest BCUT2D eigenvalue weighted by Crippen LogP contribution is -2.08. The van der Waals surface area contributed by atoms with Gasteiger partial charge in [0.2, 0.25) is 0 Å². The summed E-state index contributed by atoms with van der Waals surface area (Å²) in [6, 6.07) is 0. The number of hydrogen-bond acceptors (Lipinski definition) is 2. The van der Waals surface area contributed by atoms with Crippen LogP contribution in [0.5, 0.6) is 0 Å². The average Bonchev–Trinajstić information content (AvgIpc) is 2.09. The van der Waals surface area contributed by atoms with Crippen molar-refractivity contribution in [3.63, 3.8) is 0 Å². The molecule has 2 nitrogen and oxygen atoms in total. The van der Waals surface area contributed by atoms with Gasteiger partial charge in [0.05, 0.1) is 0 Å². The van der Waals surface area contributed by atoms with Crippen molar-refractivity contribution in [1.29, 1.82) is 0 Å². The van der Waals surface area contributed by atoms with Crippen LogP contribution in [-0.2, 0) is 0 Å². The Balaban J connectivity index is 2.96. The molecule has 0 amide bonds. The molecule has 0 fully saturated rings. The minimum absolute atomic E-state index is 1.03. The van der Waals surface area contributed by atoms with Crippen LogP contribution in [0.4, 0.5) is 0 Å². The summed E-state index contributed by atoms with van der Waals surface area (Å²) in [6.07, 6.45) is 8.08. The minimum atomic E-state index is 1.03. The number of hydrogen-bond donors (Lipinski definition) is 1. The molecule has 0 aromatic carbocycles. The first-order valence-electron chi connectivity index (χ1n) is 5.51. The lowest BCUT2D eigenvalue weighted by Gasteiger charge is -2.01. The molecule has 0 saturated heterocycles. The molecular weight excluding hydrogens is 160 g/mol. The largest absolute Gasteiger partial charge is 0.310 e. The van der Waals surface area contributed by atoms with Gasteiger partial charge in [-0.3, -0.25) is 0 Å². The molecule has 0 bridgehead atoms. The van der Waals surface area contributed by atoms with Crippen LogP contribution in [0.2, 0.25) is 0 Å². The summed E-state index contributed by atoms with van der Waals surface area (Å²) >= 11 is 0. The lowest BCUT2D eigenvalue weighted by molar-refractivity contribution is 0.581. The van der Waals surface area contributed by atoms with Crippen LogP contribution >= 0.6 is 0 Å². The predicted molar refractivity (Wildman–Crippen MR) is 60.2 cm³/mol. The highest BCUT2D eigenvalue weighted by molar-refractivity contribution is 5.78. The van der Waals surface area contributed by atoms with E-state index in [0.29, 0.717) is 0 Å². The van der Waals surface area contributed by atoms with Gasteiger partial charge in [-0.2, -0.15) is 5.10 Å². The third kappa shape index (κ3) is 11.5. The Kier molecular flexibility index (Phi) is 9.17. The summed E-state index contributed by atoms with van der Waals surface area (Å²) in [4.78, 5) is 0. The fraction of sp³-hybridized carbons (Fsp3) is 0.909. The van der Waals surface area contributed by atoms with Crippen LogP contribution in [0, 0.1) is 0 Å². The zero-order chi connectivity index (χ0) is 9.94. The van der Waals surface area contributed by atoms with E-state index in [1.165, 1.54) is 38.5 Å². The van der Waals surface area contributed by atoms with Gasteiger partial charge in [0.1, 0.15) is 0 Å². The maximum absolute atomic E-state index is 4.13. The van der Waals surface area contributed by atoms with E-state index >= 15 is 0 Å². The maximum atomic E-state index is 4.13. The van der Waals surface area contributed by atoms with Crippen LogP contribution in [0.15, 0.2) is 5.10 Å². The van der Waals surface area contributed by atoms with Crippen LogP contribution in [0.3, 0.4) is 0 Å². The third-order valence-electron chi connectivity index (χ3n) is 1.94. The Hall–Kier alpha value is -0.530. The molecule has 0 aromatic heterocycles. The van der Waals surface area contributed by atoms with Gasteiger partial charge in [0, 0.05) is 12.3 Å². The Morgan fingerprint density at radius 2 is 1.62 bits per heavy atom. The van der Waals surface area contributed by atoms with Crippen molar-refractivity contribution < 1.29 is 0 Å². The normalized spacial score (nSPS) is 9.77. The zero-order valence-corrected chi connectivity index (χ0v) is 9.40. The van der Waals surface area contributed by atoms with Crippen molar-refractivity contribution in [2.75, 3.05) is 6.54 Å². The first-order chi connectivity index (χ1) is 6.27. The number of unbranched alkanes of at least 4 members (excludes halogenated alkanes) is 5. The topological polar surface area (TPSA) is 24.4 Å². The van der Waals surface area contributed by atoms with E-state index in [1.807, 2.05) is 13.8 Å². The highest BCUT2D eigenvalue weighted by atomic mass is 15.3. The van der Waals surface area contributed by atoms with Crippen LogP contribution in [-0.4, -0.2) is 12.3 Å². The molecule has 0 spiro atoms. The number of nitrogens with zero attached hydrogens (tertiary/aromatic N) is 1. The molecular formula is C11H24N2. The second kappa shape index (κ2) is 9.56. The lowest BCUT2D eigenvalue weighted by atomic mass is 10.1. The van der Waals surface area contributed by atoms with E-state index < -0.39 is 0 Å². The molecule has 0 aliphatic carbocycles. The Labute approximate surface area is 82.8 Å². The fourth-order valence-corrected chi connectivity index (χ4v) is 1.20. The Bertz CT molecular complexity index is 126. The average molecular weight is 184 g/mol. The second-order valence-electron chi connectivity index (χ2n) is 3.73. The highest BCUT2D eigenvalue weighted by Gasteiger charge is 1.88. The van der Waals surface area contributed by atoms with Crippen LogP contribution in [0.25, 0.3) is 0 Å². The predicted octanol–water partition coefficient (Wildman–Crippen LogP) is 3.33. The molecule has 0 heterocycles. The van der Waals surface area contributed by atoms with Gasteiger partial charge in [-0.1, -0.05) is 39.0 Å². The van der Waals surface area contributed by atoms with Crippen molar-refractivity contribution in [3.8, 4) is 0 Å². The molecule has 13 heavy (non-hydrogen) atoms. The Morgan fingerprint density at radius 3 is 2.23 bits per heavy atom. The fourth-order valence-electron chi connectivity index (χ4n) is 1.20. The molecule has 0 aromatic rings. The number of hydrazone groups is 1. The van der Waals surface area contributed by atoms with Crippen LogP contribution in [0.1, 0.15) is 59.3 Å². The zero-order valence-electron chi connectivity index (χ0n) is 9.40. The molecule has 0 rings (SSSR count). The number of rotatable bonds is 8. The third-order valence-corrected chi connectivity index (χ3v) is 1.94. The van der Waals surface area contributed by atoms with E-state index in [0.717, 1.165) is 12.3 Å². The second-order valence-corrected chi connectivity index (χ2v) is 3.73. The van der Waals surface area contributed by atoms with Crippen molar-refractivity contribution in [2.45, 2.75) is 59.3 Å². The maximum Gasteiger partial charge on any atom is 0.0329 e. The van der Waals surface area contributed by atoms with E-state index in [9.17, 15) is 0 Å². The molecule has 0 aliphatic heterocycles. The molecule has 0 radical (unpaired) electrons. The standard InChI is InChI=1S/C11H24N2/c1-4-5-6-7-8-9-10-12-13-11(2)3/h12H,4-10H2,1-3H3. The van der Waals surface area contributed by atoms with E-state index in [4.69, 9.17) is 0 Å². The van der Waals surface area contributed by atoms with Gasteiger partial charge in [0.25, 0.3) is 0 Å². The smallest absolute Gasteiger partial charge is 0.0329 e.